The number of ether oxygens (including phenoxy) is 1. The van der Waals surface area contributed by atoms with Crippen molar-refractivity contribution in [2.45, 2.75) is 0 Å². The lowest BCUT2D eigenvalue weighted by Gasteiger charge is -2.07. The SMILES string of the molecule is COc1ccccc1C(=O)c1cccc(Cl)c1. The van der Waals surface area contributed by atoms with Gasteiger partial charge in [-0.1, -0.05) is 35.9 Å². The highest BCUT2D eigenvalue weighted by atomic mass is 35.5. The number of carbonyl (C=O) groups excluding carboxylic acids is 1. The Bertz CT molecular complexity index is 549. The number of rotatable bonds is 3. The average molecular weight is 247 g/mol. The van der Waals surface area contributed by atoms with Gasteiger partial charge >= 0.3 is 0 Å². The molecule has 0 saturated carbocycles. The van der Waals surface area contributed by atoms with Crippen LogP contribution in [0.3, 0.4) is 0 Å². The number of methoxy groups -OCH3 is 1. The van der Waals surface area contributed by atoms with Gasteiger partial charge < -0.3 is 4.74 Å². The molecule has 86 valence electrons. The first kappa shape index (κ1) is 11.7. The van der Waals surface area contributed by atoms with Gasteiger partial charge in [0.25, 0.3) is 0 Å². The highest BCUT2D eigenvalue weighted by Gasteiger charge is 2.13. The molecule has 0 bridgehead atoms. The fourth-order valence-corrected chi connectivity index (χ4v) is 1.81. The zero-order chi connectivity index (χ0) is 12.3. The van der Waals surface area contributed by atoms with Crippen molar-refractivity contribution in [1.82, 2.24) is 0 Å². The predicted octanol–water partition coefficient (Wildman–Crippen LogP) is 3.58. The van der Waals surface area contributed by atoms with Crippen LogP contribution in [-0.4, -0.2) is 12.9 Å². The second kappa shape index (κ2) is 5.02. The van der Waals surface area contributed by atoms with E-state index in [0.717, 1.165) is 0 Å². The molecule has 2 rings (SSSR count). The van der Waals surface area contributed by atoms with Crippen molar-refractivity contribution in [1.29, 1.82) is 0 Å². The summed E-state index contributed by atoms with van der Waals surface area (Å²) in [5.74, 6) is 0.474. The molecule has 2 aromatic rings. The third-order valence-corrected chi connectivity index (χ3v) is 2.67. The van der Waals surface area contributed by atoms with Gasteiger partial charge in [0.2, 0.25) is 0 Å². The lowest BCUT2D eigenvalue weighted by atomic mass is 10.0. The molecule has 0 aliphatic heterocycles. The fourth-order valence-electron chi connectivity index (χ4n) is 1.62. The van der Waals surface area contributed by atoms with Gasteiger partial charge in [-0.05, 0) is 24.3 Å². The number of hydrogen-bond acceptors (Lipinski definition) is 2. The first-order valence-corrected chi connectivity index (χ1v) is 5.53. The Balaban J connectivity index is 2.44. The van der Waals surface area contributed by atoms with Gasteiger partial charge in [-0.25, -0.2) is 0 Å². The number of benzene rings is 2. The number of hydrogen-bond donors (Lipinski definition) is 0. The lowest BCUT2D eigenvalue weighted by molar-refractivity contribution is 0.103. The molecule has 0 saturated heterocycles. The van der Waals surface area contributed by atoms with E-state index in [2.05, 4.69) is 0 Å². The molecule has 0 heterocycles. The van der Waals surface area contributed by atoms with E-state index in [-0.39, 0.29) is 5.78 Å². The summed E-state index contributed by atoms with van der Waals surface area (Å²) in [7, 11) is 1.55. The van der Waals surface area contributed by atoms with Gasteiger partial charge in [0.05, 0.1) is 12.7 Å². The summed E-state index contributed by atoms with van der Waals surface area (Å²) in [4.78, 5) is 12.2. The fraction of sp³-hybridized carbons (Fsp3) is 0.0714. The monoisotopic (exact) mass is 246 g/mol. The third-order valence-electron chi connectivity index (χ3n) is 2.44. The zero-order valence-electron chi connectivity index (χ0n) is 9.31. The van der Waals surface area contributed by atoms with E-state index in [0.29, 0.717) is 21.9 Å². The normalized spacial score (nSPS) is 10.0. The second-order valence-electron chi connectivity index (χ2n) is 3.54. The molecule has 0 spiro atoms. The maximum Gasteiger partial charge on any atom is 0.196 e. The van der Waals surface area contributed by atoms with Crippen molar-refractivity contribution in [2.24, 2.45) is 0 Å². The Hall–Kier alpha value is -1.80. The molecule has 0 N–H and O–H groups in total. The molecule has 0 unspecified atom stereocenters. The highest BCUT2D eigenvalue weighted by molar-refractivity contribution is 6.31. The molecule has 0 aliphatic carbocycles. The first-order valence-electron chi connectivity index (χ1n) is 5.15. The Kier molecular flexibility index (Phi) is 3.45. The van der Waals surface area contributed by atoms with E-state index in [4.69, 9.17) is 16.3 Å². The Labute approximate surface area is 105 Å². The minimum Gasteiger partial charge on any atom is -0.496 e. The maximum atomic E-state index is 12.2. The van der Waals surface area contributed by atoms with E-state index in [9.17, 15) is 4.79 Å². The van der Waals surface area contributed by atoms with E-state index < -0.39 is 0 Å². The van der Waals surface area contributed by atoms with Crippen LogP contribution in [0.2, 0.25) is 5.02 Å². The molecule has 2 nitrogen and oxygen atoms in total. The van der Waals surface area contributed by atoms with E-state index in [1.54, 1.807) is 49.6 Å². The van der Waals surface area contributed by atoms with Gasteiger partial charge in [0, 0.05) is 10.6 Å². The van der Waals surface area contributed by atoms with Crippen molar-refractivity contribution in [2.75, 3.05) is 7.11 Å². The number of halogens is 1. The third kappa shape index (κ3) is 2.48. The maximum absolute atomic E-state index is 12.2. The summed E-state index contributed by atoms with van der Waals surface area (Å²) in [5, 5.41) is 0.547. The summed E-state index contributed by atoms with van der Waals surface area (Å²) in [6.45, 7) is 0. The van der Waals surface area contributed by atoms with Crippen LogP contribution in [0.25, 0.3) is 0 Å². The van der Waals surface area contributed by atoms with Gasteiger partial charge in [-0.15, -0.1) is 0 Å². The highest BCUT2D eigenvalue weighted by Crippen LogP contribution is 2.22. The molecule has 0 amide bonds. The number of ketones is 1. The van der Waals surface area contributed by atoms with Gasteiger partial charge in [-0.3, -0.25) is 4.79 Å². The second-order valence-corrected chi connectivity index (χ2v) is 3.98. The number of para-hydroxylation sites is 1. The average Bonchev–Trinajstić information content (AvgIpc) is 2.38. The van der Waals surface area contributed by atoms with Crippen molar-refractivity contribution >= 4 is 17.4 Å². The van der Waals surface area contributed by atoms with Crippen LogP contribution in [0.15, 0.2) is 48.5 Å². The smallest absolute Gasteiger partial charge is 0.196 e. The summed E-state index contributed by atoms with van der Waals surface area (Å²) >= 11 is 5.87. The van der Waals surface area contributed by atoms with Crippen LogP contribution in [0.1, 0.15) is 15.9 Å². The Morgan fingerprint density at radius 1 is 1.12 bits per heavy atom. The summed E-state index contributed by atoms with van der Waals surface area (Å²) in [5.41, 5.74) is 1.10. The molecule has 2 aromatic carbocycles. The summed E-state index contributed by atoms with van der Waals surface area (Å²) in [6, 6.07) is 14.0. The van der Waals surface area contributed by atoms with Crippen LogP contribution < -0.4 is 4.74 Å². The Morgan fingerprint density at radius 3 is 2.59 bits per heavy atom. The molecule has 17 heavy (non-hydrogen) atoms. The molecule has 0 radical (unpaired) electrons. The van der Waals surface area contributed by atoms with Crippen molar-refractivity contribution in [3.8, 4) is 5.75 Å². The summed E-state index contributed by atoms with van der Waals surface area (Å²) in [6.07, 6.45) is 0. The standard InChI is InChI=1S/C14H11ClO2/c1-17-13-8-3-2-7-12(13)14(16)10-5-4-6-11(15)9-10/h2-9H,1H3. The Morgan fingerprint density at radius 2 is 1.88 bits per heavy atom. The van der Waals surface area contributed by atoms with Crippen LogP contribution >= 0.6 is 11.6 Å². The molecular weight excluding hydrogens is 236 g/mol. The lowest BCUT2D eigenvalue weighted by Crippen LogP contribution is -2.03. The predicted molar refractivity (Wildman–Crippen MR) is 67.9 cm³/mol. The van der Waals surface area contributed by atoms with Crippen molar-refractivity contribution < 1.29 is 9.53 Å². The van der Waals surface area contributed by atoms with Crippen LogP contribution in [0.4, 0.5) is 0 Å². The molecular formula is C14H11ClO2. The van der Waals surface area contributed by atoms with Gasteiger partial charge in [0.15, 0.2) is 5.78 Å². The van der Waals surface area contributed by atoms with Crippen molar-refractivity contribution in [3.05, 3.63) is 64.7 Å². The molecule has 0 aromatic heterocycles. The van der Waals surface area contributed by atoms with Gasteiger partial charge in [0.1, 0.15) is 5.75 Å². The minimum atomic E-state index is -0.0926. The first-order chi connectivity index (χ1) is 8.22. The topological polar surface area (TPSA) is 26.3 Å². The van der Waals surface area contributed by atoms with E-state index >= 15 is 0 Å². The van der Waals surface area contributed by atoms with E-state index in [1.165, 1.54) is 0 Å². The van der Waals surface area contributed by atoms with Crippen LogP contribution in [0, 0.1) is 0 Å². The molecule has 0 fully saturated rings. The minimum absolute atomic E-state index is 0.0926. The molecule has 3 heteroatoms. The quantitative estimate of drug-likeness (QED) is 0.774. The van der Waals surface area contributed by atoms with Crippen molar-refractivity contribution in [3.63, 3.8) is 0 Å². The zero-order valence-corrected chi connectivity index (χ0v) is 10.1. The number of carbonyl (C=O) groups is 1. The van der Waals surface area contributed by atoms with Gasteiger partial charge in [-0.2, -0.15) is 0 Å². The largest absolute Gasteiger partial charge is 0.496 e. The summed E-state index contributed by atoms with van der Waals surface area (Å²) < 4.78 is 5.16. The van der Waals surface area contributed by atoms with Crippen LogP contribution in [-0.2, 0) is 0 Å². The molecule has 0 atom stereocenters. The van der Waals surface area contributed by atoms with E-state index in [1.807, 2.05) is 6.07 Å². The molecule has 0 aliphatic rings. The van der Waals surface area contributed by atoms with Crippen LogP contribution in [0.5, 0.6) is 5.75 Å².